The van der Waals surface area contributed by atoms with E-state index in [2.05, 4.69) is 24.5 Å². The Balaban J connectivity index is 1.72. The fraction of sp³-hybridized carbons (Fsp3) is 1.00. The Bertz CT molecular complexity index is 197. The number of hydrogen-bond donors (Lipinski definition) is 2. The average molecular weight is 210 g/mol. The van der Waals surface area contributed by atoms with Crippen LogP contribution < -0.4 is 10.6 Å². The minimum Gasteiger partial charge on any atom is -0.312 e. The summed E-state index contributed by atoms with van der Waals surface area (Å²) < 4.78 is 0. The molecule has 0 aromatic heterocycles. The molecule has 2 rings (SSSR count). The van der Waals surface area contributed by atoms with Gasteiger partial charge in [0, 0.05) is 18.1 Å². The SMILES string of the molecule is CC1CCC(NCC2(C)CCCCN2)C1. The van der Waals surface area contributed by atoms with Crippen LogP contribution in [0.5, 0.6) is 0 Å². The van der Waals surface area contributed by atoms with Crippen LogP contribution in [0, 0.1) is 5.92 Å². The fourth-order valence-electron chi connectivity index (χ4n) is 3.03. The molecule has 2 aliphatic rings. The maximum Gasteiger partial charge on any atom is 0.0278 e. The Morgan fingerprint density at radius 2 is 2.20 bits per heavy atom. The molecule has 2 N–H and O–H groups in total. The molecule has 2 heteroatoms. The van der Waals surface area contributed by atoms with Crippen molar-refractivity contribution in [1.82, 2.24) is 10.6 Å². The Hall–Kier alpha value is -0.0800. The third kappa shape index (κ3) is 3.18. The van der Waals surface area contributed by atoms with E-state index in [1.54, 1.807) is 0 Å². The van der Waals surface area contributed by atoms with Gasteiger partial charge in [0.25, 0.3) is 0 Å². The van der Waals surface area contributed by atoms with Crippen LogP contribution in [-0.2, 0) is 0 Å². The van der Waals surface area contributed by atoms with Gasteiger partial charge in [-0.05, 0) is 51.5 Å². The van der Waals surface area contributed by atoms with Gasteiger partial charge in [-0.3, -0.25) is 0 Å². The zero-order valence-corrected chi connectivity index (χ0v) is 10.3. The van der Waals surface area contributed by atoms with Crippen molar-refractivity contribution in [2.75, 3.05) is 13.1 Å². The normalized spacial score (nSPS) is 42.0. The third-order valence-electron chi connectivity index (χ3n) is 4.18. The number of nitrogens with one attached hydrogen (secondary N) is 2. The van der Waals surface area contributed by atoms with Gasteiger partial charge in [-0.1, -0.05) is 13.3 Å². The van der Waals surface area contributed by atoms with E-state index in [-0.39, 0.29) is 0 Å². The highest BCUT2D eigenvalue weighted by molar-refractivity contribution is 4.90. The lowest BCUT2D eigenvalue weighted by Gasteiger charge is -2.36. The molecule has 1 aliphatic heterocycles. The summed E-state index contributed by atoms with van der Waals surface area (Å²) in [5.74, 6) is 0.939. The zero-order chi connectivity index (χ0) is 10.7. The Labute approximate surface area is 94.2 Å². The van der Waals surface area contributed by atoms with Gasteiger partial charge in [-0.2, -0.15) is 0 Å². The zero-order valence-electron chi connectivity index (χ0n) is 10.3. The summed E-state index contributed by atoms with van der Waals surface area (Å²) >= 11 is 0. The summed E-state index contributed by atoms with van der Waals surface area (Å²) in [6, 6.07) is 0.792. The average Bonchev–Trinajstić information content (AvgIpc) is 2.63. The highest BCUT2D eigenvalue weighted by atomic mass is 15.0. The lowest BCUT2D eigenvalue weighted by molar-refractivity contribution is 0.257. The van der Waals surface area contributed by atoms with Crippen molar-refractivity contribution >= 4 is 0 Å². The summed E-state index contributed by atoms with van der Waals surface area (Å²) in [6.45, 7) is 7.11. The molecule has 3 unspecified atom stereocenters. The van der Waals surface area contributed by atoms with Gasteiger partial charge in [-0.15, -0.1) is 0 Å². The van der Waals surface area contributed by atoms with Crippen LogP contribution in [0.2, 0.25) is 0 Å². The quantitative estimate of drug-likeness (QED) is 0.747. The van der Waals surface area contributed by atoms with Crippen molar-refractivity contribution in [2.24, 2.45) is 5.92 Å². The van der Waals surface area contributed by atoms with E-state index >= 15 is 0 Å². The number of piperidine rings is 1. The molecule has 1 heterocycles. The fourth-order valence-corrected chi connectivity index (χ4v) is 3.03. The van der Waals surface area contributed by atoms with Crippen molar-refractivity contribution in [2.45, 2.75) is 64.0 Å². The molecule has 15 heavy (non-hydrogen) atoms. The molecule has 0 spiro atoms. The largest absolute Gasteiger partial charge is 0.312 e. The molecule has 0 radical (unpaired) electrons. The van der Waals surface area contributed by atoms with Gasteiger partial charge in [-0.25, -0.2) is 0 Å². The molecule has 0 aromatic rings. The summed E-state index contributed by atoms with van der Waals surface area (Å²) in [6.07, 6.45) is 8.28. The standard InChI is InChI=1S/C13H26N2/c1-11-5-6-12(9-11)14-10-13(2)7-3-4-8-15-13/h11-12,14-15H,3-10H2,1-2H3. The van der Waals surface area contributed by atoms with Crippen molar-refractivity contribution in [3.05, 3.63) is 0 Å². The molecule has 0 bridgehead atoms. The molecule has 1 saturated heterocycles. The van der Waals surface area contributed by atoms with Crippen LogP contribution in [0.15, 0.2) is 0 Å². The second-order valence-electron chi connectivity index (χ2n) is 5.94. The monoisotopic (exact) mass is 210 g/mol. The van der Waals surface area contributed by atoms with Gasteiger partial charge < -0.3 is 10.6 Å². The van der Waals surface area contributed by atoms with Crippen LogP contribution in [0.1, 0.15) is 52.4 Å². The van der Waals surface area contributed by atoms with Crippen molar-refractivity contribution in [3.8, 4) is 0 Å². The van der Waals surface area contributed by atoms with Gasteiger partial charge in [0.15, 0.2) is 0 Å². The van der Waals surface area contributed by atoms with Crippen molar-refractivity contribution in [1.29, 1.82) is 0 Å². The van der Waals surface area contributed by atoms with Crippen molar-refractivity contribution < 1.29 is 0 Å². The van der Waals surface area contributed by atoms with Crippen LogP contribution in [0.3, 0.4) is 0 Å². The van der Waals surface area contributed by atoms with E-state index in [0.717, 1.165) is 18.5 Å². The molecule has 3 atom stereocenters. The Kier molecular flexibility index (Phi) is 3.68. The second-order valence-corrected chi connectivity index (χ2v) is 5.94. The first-order valence-electron chi connectivity index (χ1n) is 6.66. The van der Waals surface area contributed by atoms with Crippen LogP contribution >= 0.6 is 0 Å². The van der Waals surface area contributed by atoms with Gasteiger partial charge in [0.1, 0.15) is 0 Å². The van der Waals surface area contributed by atoms with E-state index < -0.39 is 0 Å². The molecule has 2 fully saturated rings. The highest BCUT2D eigenvalue weighted by Gasteiger charge is 2.28. The number of hydrogen-bond acceptors (Lipinski definition) is 2. The molecular formula is C13H26N2. The van der Waals surface area contributed by atoms with Crippen LogP contribution in [0.4, 0.5) is 0 Å². The molecule has 2 nitrogen and oxygen atoms in total. The predicted molar refractivity (Wildman–Crippen MR) is 65.1 cm³/mol. The first-order chi connectivity index (χ1) is 7.18. The van der Waals surface area contributed by atoms with Crippen molar-refractivity contribution in [3.63, 3.8) is 0 Å². The lowest BCUT2D eigenvalue weighted by Crippen LogP contribution is -2.54. The topological polar surface area (TPSA) is 24.1 Å². The summed E-state index contributed by atoms with van der Waals surface area (Å²) in [7, 11) is 0. The molecule has 0 aromatic carbocycles. The maximum atomic E-state index is 3.76. The second kappa shape index (κ2) is 4.84. The Morgan fingerprint density at radius 1 is 1.33 bits per heavy atom. The van der Waals surface area contributed by atoms with E-state index in [4.69, 9.17) is 0 Å². The van der Waals surface area contributed by atoms with E-state index in [1.807, 2.05) is 0 Å². The molecule has 1 saturated carbocycles. The smallest absolute Gasteiger partial charge is 0.0278 e. The molecule has 88 valence electrons. The lowest BCUT2D eigenvalue weighted by atomic mass is 9.90. The van der Waals surface area contributed by atoms with E-state index in [1.165, 1.54) is 45.1 Å². The minimum atomic E-state index is 0.365. The van der Waals surface area contributed by atoms with E-state index in [0.29, 0.717) is 5.54 Å². The highest BCUT2D eigenvalue weighted by Crippen LogP contribution is 2.25. The first kappa shape index (κ1) is 11.4. The van der Waals surface area contributed by atoms with Crippen LogP contribution in [0.25, 0.3) is 0 Å². The summed E-state index contributed by atoms with van der Waals surface area (Å²) in [4.78, 5) is 0. The van der Waals surface area contributed by atoms with Gasteiger partial charge in [0.05, 0.1) is 0 Å². The molecule has 0 amide bonds. The summed E-state index contributed by atoms with van der Waals surface area (Å²) in [5, 5.41) is 7.43. The molecule has 1 aliphatic carbocycles. The summed E-state index contributed by atoms with van der Waals surface area (Å²) in [5.41, 5.74) is 0.365. The van der Waals surface area contributed by atoms with E-state index in [9.17, 15) is 0 Å². The first-order valence-corrected chi connectivity index (χ1v) is 6.66. The predicted octanol–water partition coefficient (Wildman–Crippen LogP) is 2.30. The van der Waals surface area contributed by atoms with Crippen LogP contribution in [-0.4, -0.2) is 24.7 Å². The number of rotatable bonds is 3. The van der Waals surface area contributed by atoms with Gasteiger partial charge >= 0.3 is 0 Å². The minimum absolute atomic E-state index is 0.365. The Morgan fingerprint density at radius 3 is 2.80 bits per heavy atom. The molecular weight excluding hydrogens is 184 g/mol. The maximum absolute atomic E-state index is 3.76. The third-order valence-corrected chi connectivity index (χ3v) is 4.18. The van der Waals surface area contributed by atoms with Gasteiger partial charge in [0.2, 0.25) is 0 Å².